The summed E-state index contributed by atoms with van der Waals surface area (Å²) in [5, 5.41) is 10.4. The summed E-state index contributed by atoms with van der Waals surface area (Å²) in [5.74, 6) is -1.24. The van der Waals surface area contributed by atoms with Gasteiger partial charge in [0.15, 0.2) is 0 Å². The second-order valence-corrected chi connectivity index (χ2v) is 2.17. The van der Waals surface area contributed by atoms with Gasteiger partial charge in [0.05, 0.1) is 5.97 Å². The molecule has 0 fully saturated rings. The second kappa shape index (κ2) is 4.71. The molecule has 0 saturated heterocycles. The van der Waals surface area contributed by atoms with Gasteiger partial charge in [0.2, 0.25) is 0 Å². The molecule has 0 aliphatic carbocycles. The van der Waals surface area contributed by atoms with Crippen molar-refractivity contribution < 1.29 is 9.90 Å². The summed E-state index contributed by atoms with van der Waals surface area (Å²) in [4.78, 5) is 10.2. The summed E-state index contributed by atoms with van der Waals surface area (Å²) in [5.41, 5.74) is 0.0316. The van der Waals surface area contributed by atoms with Crippen molar-refractivity contribution in [2.24, 2.45) is 0 Å². The van der Waals surface area contributed by atoms with Gasteiger partial charge in [-0.15, -0.1) is 0 Å². The molecule has 0 spiro atoms. The van der Waals surface area contributed by atoms with E-state index in [-0.39, 0.29) is 37.9 Å². The van der Waals surface area contributed by atoms with Crippen molar-refractivity contribution in [3.8, 4) is 0 Å². The molecule has 54 valence electrons. The Morgan fingerprint density at radius 2 is 1.91 bits per heavy atom. The van der Waals surface area contributed by atoms with Crippen molar-refractivity contribution in [2.45, 2.75) is 0 Å². The van der Waals surface area contributed by atoms with Crippen molar-refractivity contribution >= 4 is 44.9 Å². The van der Waals surface area contributed by atoms with Gasteiger partial charge in [-0.05, 0) is 6.07 Å². The van der Waals surface area contributed by atoms with Crippen molar-refractivity contribution in [3.63, 3.8) is 0 Å². The van der Waals surface area contributed by atoms with Crippen LogP contribution in [0.1, 0.15) is 10.4 Å². The van der Waals surface area contributed by atoms with E-state index < -0.39 is 5.97 Å². The first kappa shape index (κ1) is 10.9. The van der Waals surface area contributed by atoms with Crippen LogP contribution < -0.4 is 5.11 Å². The number of carbonyl (C=O) groups is 1. The van der Waals surface area contributed by atoms with E-state index in [0.29, 0.717) is 0 Å². The first-order valence-corrected chi connectivity index (χ1v) is 3.05. The molecule has 11 heavy (non-hydrogen) atoms. The molecular weight excluding hydrogens is 356 g/mol. The fraction of sp³-hybridized carbons (Fsp3) is 0. The van der Waals surface area contributed by atoms with E-state index in [0.717, 1.165) is 0 Å². The van der Waals surface area contributed by atoms with Gasteiger partial charge in [0, 0.05) is 10.6 Å². The standard InChI is InChI=1S/C7H5ClO2.Tl/c8-6-4-2-1-3-5(6)7(9)10;/h1-4H,(H,9,10);/q;+1/p-1. The summed E-state index contributed by atoms with van der Waals surface area (Å²) >= 11 is 5.50. The quantitative estimate of drug-likeness (QED) is 0.678. The zero-order chi connectivity index (χ0) is 7.56. The van der Waals surface area contributed by atoms with Crippen molar-refractivity contribution in [3.05, 3.63) is 34.9 Å². The van der Waals surface area contributed by atoms with Crippen LogP contribution >= 0.6 is 11.6 Å². The van der Waals surface area contributed by atoms with Gasteiger partial charge in [-0.25, -0.2) is 0 Å². The van der Waals surface area contributed by atoms with E-state index in [1.165, 1.54) is 12.1 Å². The van der Waals surface area contributed by atoms with Gasteiger partial charge in [-0.3, -0.25) is 0 Å². The number of rotatable bonds is 1. The molecule has 0 aliphatic rings. The Bertz CT molecular complexity index is 262. The molecule has 1 aromatic carbocycles. The minimum Gasteiger partial charge on any atom is -0.545 e. The largest absolute Gasteiger partial charge is 1.00 e. The van der Waals surface area contributed by atoms with Gasteiger partial charge >= 0.3 is 27.3 Å². The predicted octanol–water partition coefficient (Wildman–Crippen LogP) is 0.323. The zero-order valence-electron chi connectivity index (χ0n) is 5.58. The van der Waals surface area contributed by atoms with Crippen LogP contribution in [-0.2, 0) is 0 Å². The van der Waals surface area contributed by atoms with E-state index in [2.05, 4.69) is 0 Å². The third kappa shape index (κ3) is 2.78. The Balaban J connectivity index is 0.000001000. The number of carboxylic acids is 1. The SMILES string of the molecule is O=C([O-])c1ccccc1Cl.[Tl+]. The topological polar surface area (TPSA) is 40.1 Å². The average molecular weight is 360 g/mol. The average Bonchev–Trinajstić information content (AvgIpc) is 1.88. The third-order valence-electron chi connectivity index (χ3n) is 1.09. The fourth-order valence-corrected chi connectivity index (χ4v) is 0.840. The van der Waals surface area contributed by atoms with Gasteiger partial charge in [-0.2, -0.15) is 0 Å². The van der Waals surface area contributed by atoms with E-state index in [4.69, 9.17) is 11.6 Å². The number of hydrogen-bond acceptors (Lipinski definition) is 2. The number of hydrogen-bond donors (Lipinski definition) is 0. The summed E-state index contributed by atoms with van der Waals surface area (Å²) < 4.78 is 0. The number of aromatic carboxylic acids is 1. The number of halogens is 1. The van der Waals surface area contributed by atoms with Crippen molar-refractivity contribution in [1.82, 2.24) is 0 Å². The maximum Gasteiger partial charge on any atom is 1.00 e. The van der Waals surface area contributed by atoms with E-state index >= 15 is 0 Å². The van der Waals surface area contributed by atoms with Crippen molar-refractivity contribution in [1.29, 1.82) is 0 Å². The molecule has 1 aromatic rings. The van der Waals surface area contributed by atoms with Crippen LogP contribution in [0.3, 0.4) is 0 Å². The maximum absolute atomic E-state index is 10.2. The van der Waals surface area contributed by atoms with Crippen LogP contribution in [0.2, 0.25) is 5.02 Å². The molecule has 1 rings (SSSR count). The van der Waals surface area contributed by atoms with Gasteiger partial charge in [-0.1, -0.05) is 29.8 Å². The molecule has 0 unspecified atom stereocenters. The molecule has 2 nitrogen and oxygen atoms in total. The van der Waals surface area contributed by atoms with Crippen LogP contribution in [0.4, 0.5) is 0 Å². The zero-order valence-corrected chi connectivity index (χ0v) is 10.8. The monoisotopic (exact) mass is 360 g/mol. The number of benzene rings is 1. The Hall–Kier alpha value is -0.0979. The van der Waals surface area contributed by atoms with Crippen molar-refractivity contribution in [2.75, 3.05) is 0 Å². The molecule has 0 aliphatic heterocycles. The summed E-state index contributed by atoms with van der Waals surface area (Å²) in [7, 11) is 0. The smallest absolute Gasteiger partial charge is 0.545 e. The maximum atomic E-state index is 10.2. The molecule has 0 amide bonds. The predicted molar refractivity (Wildman–Crippen MR) is 41.5 cm³/mol. The number of carbonyl (C=O) groups excluding carboxylic acids is 1. The molecule has 0 atom stereocenters. The van der Waals surface area contributed by atoms with E-state index in [9.17, 15) is 9.90 Å². The minimum absolute atomic E-state index is 0. The molecule has 0 bridgehead atoms. The summed E-state index contributed by atoms with van der Waals surface area (Å²) in [6, 6.07) is 6.16. The van der Waals surface area contributed by atoms with Gasteiger partial charge < -0.3 is 9.90 Å². The first-order chi connectivity index (χ1) is 4.72. The normalized spacial score (nSPS) is 8.45. The second-order valence-electron chi connectivity index (χ2n) is 1.77. The van der Waals surface area contributed by atoms with E-state index in [1.807, 2.05) is 0 Å². The number of carboxylic acid groups (broad SMARTS) is 1. The van der Waals surface area contributed by atoms with Gasteiger partial charge in [0.1, 0.15) is 0 Å². The van der Waals surface area contributed by atoms with Crippen LogP contribution in [-0.4, -0.2) is 33.3 Å². The summed E-state index contributed by atoms with van der Waals surface area (Å²) in [6.07, 6.45) is 0. The first-order valence-electron chi connectivity index (χ1n) is 2.67. The Kier molecular flexibility index (Phi) is 4.67. The Morgan fingerprint density at radius 3 is 2.27 bits per heavy atom. The third-order valence-corrected chi connectivity index (χ3v) is 1.42. The van der Waals surface area contributed by atoms with Crippen LogP contribution in [0.5, 0.6) is 0 Å². The molecule has 0 radical (unpaired) electrons. The Morgan fingerprint density at radius 1 is 1.36 bits per heavy atom. The van der Waals surface area contributed by atoms with Crippen LogP contribution in [0, 0.1) is 0 Å². The van der Waals surface area contributed by atoms with E-state index in [1.54, 1.807) is 12.1 Å². The van der Waals surface area contributed by atoms with Gasteiger partial charge in [0.25, 0.3) is 0 Å². The summed E-state index contributed by atoms with van der Waals surface area (Å²) in [6.45, 7) is 0. The molecule has 0 N–H and O–H groups in total. The molecule has 0 aromatic heterocycles. The van der Waals surface area contributed by atoms with Crippen LogP contribution in [0.25, 0.3) is 0 Å². The molecule has 0 heterocycles. The fourth-order valence-electron chi connectivity index (χ4n) is 0.627. The molecule has 4 heteroatoms. The van der Waals surface area contributed by atoms with Crippen LogP contribution in [0.15, 0.2) is 24.3 Å². The Labute approximate surface area is 89.3 Å². The molecular formula is C7H4ClO2Tl. The minimum atomic E-state index is -1.24. The molecule has 0 saturated carbocycles.